The van der Waals surface area contributed by atoms with Crippen LogP contribution in [0.5, 0.6) is 0 Å². The Morgan fingerprint density at radius 1 is 1.36 bits per heavy atom. The minimum Gasteiger partial charge on any atom is -0.354 e. The van der Waals surface area contributed by atoms with E-state index in [4.69, 9.17) is 0 Å². The normalized spacial score (nSPS) is 17.8. The van der Waals surface area contributed by atoms with Crippen LogP contribution in [0.25, 0.3) is 0 Å². The predicted molar refractivity (Wildman–Crippen MR) is 57.7 cm³/mol. The van der Waals surface area contributed by atoms with Crippen molar-refractivity contribution in [3.05, 3.63) is 12.3 Å². The molecule has 0 aliphatic carbocycles. The largest absolute Gasteiger partial charge is 0.354 e. The van der Waals surface area contributed by atoms with Gasteiger partial charge < -0.3 is 10.2 Å². The Kier molecular flexibility index (Phi) is 2.72. The monoisotopic (exact) mass is 194 g/mol. The van der Waals surface area contributed by atoms with Crippen molar-refractivity contribution in [3.63, 3.8) is 0 Å². The number of aromatic nitrogens is 2. The highest BCUT2D eigenvalue weighted by molar-refractivity contribution is 5.39. The van der Waals surface area contributed by atoms with Crippen LogP contribution in [0.4, 0.5) is 5.82 Å². The lowest BCUT2D eigenvalue weighted by molar-refractivity contribution is 0.508. The van der Waals surface area contributed by atoms with Crippen LogP contribution in [0.2, 0.25) is 0 Å². The van der Waals surface area contributed by atoms with Crippen LogP contribution in [0, 0.1) is 0 Å². The van der Waals surface area contributed by atoms with Crippen molar-refractivity contribution in [2.45, 2.75) is 19.9 Å². The smallest absolute Gasteiger partial charge is 0.127 e. The molecular formula is C10H18N4. The predicted octanol–water partition coefficient (Wildman–Crippen LogP) is 0.874. The maximum atomic E-state index is 4.35. The summed E-state index contributed by atoms with van der Waals surface area (Å²) >= 11 is 0. The van der Waals surface area contributed by atoms with Gasteiger partial charge in [-0.25, -0.2) is 4.68 Å². The molecule has 4 nitrogen and oxygen atoms in total. The summed E-state index contributed by atoms with van der Waals surface area (Å²) in [6, 6.07) is 2.54. The molecule has 0 saturated carbocycles. The van der Waals surface area contributed by atoms with Gasteiger partial charge in [0.1, 0.15) is 5.82 Å². The molecule has 1 aromatic heterocycles. The van der Waals surface area contributed by atoms with Crippen LogP contribution in [0.15, 0.2) is 12.3 Å². The molecule has 0 spiro atoms. The van der Waals surface area contributed by atoms with Crippen molar-refractivity contribution in [2.24, 2.45) is 0 Å². The minimum atomic E-state index is 0.440. The molecule has 1 aliphatic heterocycles. The van der Waals surface area contributed by atoms with Gasteiger partial charge in [0.15, 0.2) is 0 Å². The molecule has 0 amide bonds. The second-order valence-corrected chi connectivity index (χ2v) is 3.96. The van der Waals surface area contributed by atoms with Crippen LogP contribution >= 0.6 is 0 Å². The topological polar surface area (TPSA) is 33.1 Å². The summed E-state index contributed by atoms with van der Waals surface area (Å²) in [6.45, 7) is 8.64. The van der Waals surface area contributed by atoms with Gasteiger partial charge in [0.05, 0.1) is 6.20 Å². The Morgan fingerprint density at radius 2 is 2.07 bits per heavy atom. The van der Waals surface area contributed by atoms with Crippen LogP contribution in [-0.4, -0.2) is 36.0 Å². The maximum absolute atomic E-state index is 4.35. The van der Waals surface area contributed by atoms with Crippen LogP contribution in [-0.2, 0) is 0 Å². The highest BCUT2D eigenvalue weighted by Gasteiger charge is 2.15. The van der Waals surface area contributed by atoms with Crippen molar-refractivity contribution in [1.82, 2.24) is 15.1 Å². The second kappa shape index (κ2) is 4.00. The lowest BCUT2D eigenvalue weighted by Gasteiger charge is -2.30. The molecule has 1 aromatic rings. The zero-order valence-corrected chi connectivity index (χ0v) is 8.90. The first-order valence-electron chi connectivity index (χ1n) is 5.28. The van der Waals surface area contributed by atoms with E-state index in [1.54, 1.807) is 0 Å². The van der Waals surface area contributed by atoms with E-state index in [2.05, 4.69) is 39.9 Å². The summed E-state index contributed by atoms with van der Waals surface area (Å²) < 4.78 is 2.09. The molecule has 0 bridgehead atoms. The second-order valence-electron chi connectivity index (χ2n) is 3.96. The third kappa shape index (κ3) is 1.75. The van der Waals surface area contributed by atoms with E-state index in [0.717, 1.165) is 26.2 Å². The molecule has 1 saturated heterocycles. The number of hydrogen-bond acceptors (Lipinski definition) is 3. The van der Waals surface area contributed by atoms with E-state index in [-0.39, 0.29) is 0 Å². The Hall–Kier alpha value is -1.03. The van der Waals surface area contributed by atoms with Crippen LogP contribution in [0.3, 0.4) is 0 Å². The lowest BCUT2D eigenvalue weighted by atomic mass is 10.3. The number of nitrogens with one attached hydrogen (secondary N) is 1. The molecule has 0 unspecified atom stereocenters. The molecule has 0 aromatic carbocycles. The molecule has 2 heterocycles. The molecule has 14 heavy (non-hydrogen) atoms. The van der Waals surface area contributed by atoms with Crippen molar-refractivity contribution < 1.29 is 0 Å². The fourth-order valence-electron chi connectivity index (χ4n) is 1.85. The summed E-state index contributed by atoms with van der Waals surface area (Å²) in [6.07, 6.45) is 1.89. The first-order chi connectivity index (χ1) is 6.79. The molecule has 1 N–H and O–H groups in total. The van der Waals surface area contributed by atoms with Crippen molar-refractivity contribution >= 4 is 5.82 Å². The van der Waals surface area contributed by atoms with E-state index >= 15 is 0 Å². The van der Waals surface area contributed by atoms with Gasteiger partial charge >= 0.3 is 0 Å². The van der Waals surface area contributed by atoms with E-state index in [0.29, 0.717) is 6.04 Å². The molecule has 2 rings (SSSR count). The standard InChI is InChI=1S/C10H18N4/c1-9(2)14-10(3-4-12-14)13-7-5-11-6-8-13/h3-4,9,11H,5-8H2,1-2H3. The molecule has 78 valence electrons. The van der Waals surface area contributed by atoms with Crippen LogP contribution in [0.1, 0.15) is 19.9 Å². The summed E-state index contributed by atoms with van der Waals surface area (Å²) in [5.74, 6) is 1.25. The number of hydrogen-bond donors (Lipinski definition) is 1. The molecule has 1 fully saturated rings. The average Bonchev–Trinajstić information content (AvgIpc) is 2.67. The molecule has 1 aliphatic rings. The quantitative estimate of drug-likeness (QED) is 0.758. The van der Waals surface area contributed by atoms with E-state index in [9.17, 15) is 0 Å². The third-order valence-corrected chi connectivity index (χ3v) is 2.58. The van der Waals surface area contributed by atoms with Gasteiger partial charge in [-0.05, 0) is 13.8 Å². The third-order valence-electron chi connectivity index (χ3n) is 2.58. The number of rotatable bonds is 2. The van der Waals surface area contributed by atoms with Crippen molar-refractivity contribution in [3.8, 4) is 0 Å². The van der Waals surface area contributed by atoms with Gasteiger partial charge in [0.25, 0.3) is 0 Å². The van der Waals surface area contributed by atoms with Gasteiger partial charge in [0, 0.05) is 38.3 Å². The van der Waals surface area contributed by atoms with E-state index in [1.807, 2.05) is 6.20 Å². The summed E-state index contributed by atoms with van der Waals surface area (Å²) in [5, 5.41) is 7.70. The number of piperazine rings is 1. The van der Waals surface area contributed by atoms with Crippen molar-refractivity contribution in [1.29, 1.82) is 0 Å². The Morgan fingerprint density at radius 3 is 2.71 bits per heavy atom. The lowest BCUT2D eigenvalue weighted by Crippen LogP contribution is -2.44. The van der Waals surface area contributed by atoms with Gasteiger partial charge in [-0.2, -0.15) is 5.10 Å². The zero-order chi connectivity index (χ0) is 9.97. The Balaban J connectivity index is 2.17. The first kappa shape index (κ1) is 9.52. The van der Waals surface area contributed by atoms with Crippen LogP contribution < -0.4 is 10.2 Å². The first-order valence-corrected chi connectivity index (χ1v) is 5.28. The van der Waals surface area contributed by atoms with E-state index < -0.39 is 0 Å². The fourth-order valence-corrected chi connectivity index (χ4v) is 1.85. The number of nitrogens with zero attached hydrogens (tertiary/aromatic N) is 3. The van der Waals surface area contributed by atoms with Gasteiger partial charge in [-0.15, -0.1) is 0 Å². The van der Waals surface area contributed by atoms with E-state index in [1.165, 1.54) is 5.82 Å². The van der Waals surface area contributed by atoms with Gasteiger partial charge in [-0.1, -0.05) is 0 Å². The summed E-state index contributed by atoms with van der Waals surface area (Å²) in [4.78, 5) is 2.39. The Labute approximate surface area is 84.9 Å². The molecule has 4 heteroatoms. The van der Waals surface area contributed by atoms with Gasteiger partial charge in [0.2, 0.25) is 0 Å². The minimum absolute atomic E-state index is 0.440. The van der Waals surface area contributed by atoms with Crippen molar-refractivity contribution in [2.75, 3.05) is 31.1 Å². The molecule has 0 radical (unpaired) electrons. The molecule has 0 atom stereocenters. The SMILES string of the molecule is CC(C)n1nccc1N1CCNCC1. The van der Waals surface area contributed by atoms with Gasteiger partial charge in [-0.3, -0.25) is 0 Å². The summed E-state index contributed by atoms with van der Waals surface area (Å²) in [7, 11) is 0. The average molecular weight is 194 g/mol. The number of anilines is 1. The Bertz CT molecular complexity index is 286. The maximum Gasteiger partial charge on any atom is 0.127 e. The highest BCUT2D eigenvalue weighted by Crippen LogP contribution is 2.18. The summed E-state index contributed by atoms with van der Waals surface area (Å²) in [5.41, 5.74) is 0. The molecular weight excluding hydrogens is 176 g/mol. The highest BCUT2D eigenvalue weighted by atomic mass is 15.4. The zero-order valence-electron chi connectivity index (χ0n) is 8.90. The fraction of sp³-hybridized carbons (Fsp3) is 0.700.